The molecule has 1 aromatic carbocycles. The van der Waals surface area contributed by atoms with E-state index >= 15 is 0 Å². The first-order valence-corrected chi connectivity index (χ1v) is 5.96. The second-order valence-electron chi connectivity index (χ2n) is 3.87. The van der Waals surface area contributed by atoms with E-state index in [9.17, 15) is 0 Å². The Bertz CT molecular complexity index is 398. The van der Waals surface area contributed by atoms with Gasteiger partial charge in [-0.05, 0) is 23.3 Å². The van der Waals surface area contributed by atoms with Crippen LogP contribution in [0.4, 0.5) is 0 Å². The van der Waals surface area contributed by atoms with Gasteiger partial charge in [-0.25, -0.2) is 0 Å². The van der Waals surface area contributed by atoms with Crippen molar-refractivity contribution in [1.82, 2.24) is 4.90 Å². The first-order chi connectivity index (χ1) is 7.69. The molecule has 2 rings (SSSR count). The summed E-state index contributed by atoms with van der Waals surface area (Å²) in [5, 5.41) is 10.4. The van der Waals surface area contributed by atoms with Crippen LogP contribution >= 0.6 is 23.2 Å². The number of nitrogens with zero attached hydrogens (tertiary/aromatic N) is 1. The van der Waals surface area contributed by atoms with E-state index < -0.39 is 0 Å². The lowest BCUT2D eigenvalue weighted by molar-refractivity contribution is 0.164. The molecule has 0 spiro atoms. The Morgan fingerprint density at radius 3 is 2.69 bits per heavy atom. The highest BCUT2D eigenvalue weighted by atomic mass is 35.5. The van der Waals surface area contributed by atoms with Crippen LogP contribution in [0.15, 0.2) is 12.1 Å². The summed E-state index contributed by atoms with van der Waals surface area (Å²) < 4.78 is 0. The maximum atomic E-state index is 9.01. The largest absolute Gasteiger partial charge is 0.395 e. The molecular formula is C11H14Cl2N2O. The molecule has 3 nitrogen and oxygen atoms in total. The molecule has 0 aliphatic carbocycles. The van der Waals surface area contributed by atoms with E-state index in [1.54, 1.807) is 12.1 Å². The van der Waals surface area contributed by atoms with E-state index in [1.807, 2.05) is 0 Å². The van der Waals surface area contributed by atoms with Gasteiger partial charge in [-0.1, -0.05) is 23.2 Å². The maximum Gasteiger partial charge on any atom is 0.0558 e. The van der Waals surface area contributed by atoms with E-state index in [4.69, 9.17) is 34.0 Å². The Balaban J connectivity index is 2.42. The van der Waals surface area contributed by atoms with E-state index in [0.29, 0.717) is 24.7 Å². The lowest BCUT2D eigenvalue weighted by Crippen LogP contribution is -2.30. The van der Waals surface area contributed by atoms with Crippen LogP contribution in [0.3, 0.4) is 0 Å². The van der Waals surface area contributed by atoms with Crippen LogP contribution in [0, 0.1) is 0 Å². The number of aliphatic hydroxyl groups excluding tert-OH is 1. The zero-order valence-electron chi connectivity index (χ0n) is 8.79. The highest BCUT2D eigenvalue weighted by molar-refractivity contribution is 6.34. The maximum absolute atomic E-state index is 9.01. The smallest absolute Gasteiger partial charge is 0.0558 e. The molecule has 1 heterocycles. The molecule has 0 radical (unpaired) electrons. The van der Waals surface area contributed by atoms with Crippen LogP contribution in [0.1, 0.15) is 17.2 Å². The normalized spacial score (nSPS) is 20.1. The molecule has 1 unspecified atom stereocenters. The van der Waals surface area contributed by atoms with Crippen molar-refractivity contribution in [3.05, 3.63) is 33.3 Å². The topological polar surface area (TPSA) is 49.5 Å². The minimum atomic E-state index is 0.0633. The Morgan fingerprint density at radius 2 is 2.06 bits per heavy atom. The van der Waals surface area contributed by atoms with Crippen molar-refractivity contribution in [3.8, 4) is 0 Å². The van der Waals surface area contributed by atoms with E-state index in [-0.39, 0.29) is 12.6 Å². The van der Waals surface area contributed by atoms with Crippen LogP contribution < -0.4 is 5.73 Å². The van der Waals surface area contributed by atoms with Crippen LogP contribution in [0.25, 0.3) is 0 Å². The summed E-state index contributed by atoms with van der Waals surface area (Å²) in [6.07, 6.45) is 0. The Kier molecular flexibility index (Phi) is 3.72. The monoisotopic (exact) mass is 260 g/mol. The quantitative estimate of drug-likeness (QED) is 0.872. The van der Waals surface area contributed by atoms with E-state index in [2.05, 4.69) is 4.90 Å². The second kappa shape index (κ2) is 4.90. The summed E-state index contributed by atoms with van der Waals surface area (Å²) in [5.74, 6) is 0. The molecule has 1 atom stereocenters. The van der Waals surface area contributed by atoms with Crippen molar-refractivity contribution >= 4 is 23.2 Å². The number of fused-ring (bicyclic) bond motifs is 1. The molecule has 1 aliphatic heterocycles. The molecule has 0 saturated heterocycles. The molecule has 16 heavy (non-hydrogen) atoms. The fourth-order valence-electron chi connectivity index (χ4n) is 2.26. The predicted octanol–water partition coefficient (Wildman–Crippen LogP) is 1.80. The minimum absolute atomic E-state index is 0.0633. The third-order valence-electron chi connectivity index (χ3n) is 2.99. The number of rotatable bonds is 3. The van der Waals surface area contributed by atoms with Crippen LogP contribution in [-0.4, -0.2) is 29.7 Å². The third kappa shape index (κ3) is 1.94. The molecule has 0 fully saturated rings. The van der Waals surface area contributed by atoms with Gasteiger partial charge in [0.15, 0.2) is 0 Å². The zero-order valence-corrected chi connectivity index (χ0v) is 10.3. The Morgan fingerprint density at radius 1 is 1.38 bits per heavy atom. The molecule has 1 aliphatic rings. The molecule has 0 aromatic heterocycles. The van der Waals surface area contributed by atoms with Gasteiger partial charge in [-0.3, -0.25) is 4.90 Å². The van der Waals surface area contributed by atoms with Crippen LogP contribution in [0.2, 0.25) is 10.0 Å². The highest BCUT2D eigenvalue weighted by Crippen LogP contribution is 2.40. The number of halogens is 2. The van der Waals surface area contributed by atoms with Crippen LogP contribution in [-0.2, 0) is 6.54 Å². The fraction of sp³-hybridized carbons (Fsp3) is 0.455. The van der Waals surface area contributed by atoms with Crippen molar-refractivity contribution in [2.24, 2.45) is 5.73 Å². The lowest BCUT2D eigenvalue weighted by atomic mass is 10.0. The summed E-state index contributed by atoms with van der Waals surface area (Å²) >= 11 is 12.3. The number of aliphatic hydroxyl groups is 1. The summed E-state index contributed by atoms with van der Waals surface area (Å²) in [6.45, 7) is 1.88. The number of β-amino-alcohol motifs (C(OH)–C–C–N with tert-alkyl or cyclic N) is 1. The summed E-state index contributed by atoms with van der Waals surface area (Å²) in [6, 6.07) is 3.67. The zero-order chi connectivity index (χ0) is 11.7. The van der Waals surface area contributed by atoms with Crippen molar-refractivity contribution < 1.29 is 5.11 Å². The van der Waals surface area contributed by atoms with Gasteiger partial charge in [0.1, 0.15) is 0 Å². The first-order valence-electron chi connectivity index (χ1n) is 5.20. The number of benzene rings is 1. The van der Waals surface area contributed by atoms with Crippen molar-refractivity contribution in [3.63, 3.8) is 0 Å². The summed E-state index contributed by atoms with van der Waals surface area (Å²) in [4.78, 5) is 2.10. The van der Waals surface area contributed by atoms with E-state index in [0.717, 1.165) is 16.1 Å². The number of hydrogen-bond acceptors (Lipinski definition) is 3. The van der Waals surface area contributed by atoms with Crippen LogP contribution in [0.5, 0.6) is 0 Å². The second-order valence-corrected chi connectivity index (χ2v) is 4.68. The first kappa shape index (κ1) is 12.1. The molecular weight excluding hydrogens is 247 g/mol. The number of hydrogen-bond donors (Lipinski definition) is 2. The highest BCUT2D eigenvalue weighted by Gasteiger charge is 2.32. The molecule has 0 amide bonds. The van der Waals surface area contributed by atoms with E-state index in [1.165, 1.54) is 0 Å². The standard InChI is InChI=1S/C11H14Cl2N2O/c12-8-1-2-9(13)11-7(8)6-15(3-4-16)10(11)5-14/h1-2,10,16H,3-6,14H2. The summed E-state index contributed by atoms with van der Waals surface area (Å²) in [7, 11) is 0. The molecule has 0 bridgehead atoms. The average Bonchev–Trinajstić information content (AvgIpc) is 2.64. The van der Waals surface area contributed by atoms with Gasteiger partial charge in [0.2, 0.25) is 0 Å². The fourth-order valence-corrected chi connectivity index (χ4v) is 2.78. The predicted molar refractivity (Wildman–Crippen MR) is 65.8 cm³/mol. The number of nitrogens with two attached hydrogens (primary N) is 1. The minimum Gasteiger partial charge on any atom is -0.395 e. The molecule has 3 N–H and O–H groups in total. The van der Waals surface area contributed by atoms with Gasteiger partial charge in [0, 0.05) is 35.7 Å². The van der Waals surface area contributed by atoms with Crippen molar-refractivity contribution in [2.45, 2.75) is 12.6 Å². The molecule has 1 aromatic rings. The van der Waals surface area contributed by atoms with Gasteiger partial charge in [0.25, 0.3) is 0 Å². The Hall–Kier alpha value is -0.320. The lowest BCUT2D eigenvalue weighted by Gasteiger charge is -2.22. The third-order valence-corrected chi connectivity index (χ3v) is 3.68. The van der Waals surface area contributed by atoms with Gasteiger partial charge < -0.3 is 10.8 Å². The van der Waals surface area contributed by atoms with Crippen molar-refractivity contribution in [2.75, 3.05) is 19.7 Å². The molecule has 5 heteroatoms. The average molecular weight is 261 g/mol. The van der Waals surface area contributed by atoms with Gasteiger partial charge in [0.05, 0.1) is 6.61 Å². The summed E-state index contributed by atoms with van der Waals surface area (Å²) in [5.41, 5.74) is 7.82. The molecule has 0 saturated carbocycles. The van der Waals surface area contributed by atoms with Gasteiger partial charge >= 0.3 is 0 Å². The SMILES string of the molecule is NCC1c2c(Cl)ccc(Cl)c2CN1CCO. The van der Waals surface area contributed by atoms with Gasteiger partial charge in [-0.2, -0.15) is 0 Å². The van der Waals surface area contributed by atoms with Gasteiger partial charge in [-0.15, -0.1) is 0 Å². The Labute approximate surface area is 105 Å². The molecule has 88 valence electrons. The van der Waals surface area contributed by atoms with Crippen molar-refractivity contribution in [1.29, 1.82) is 0 Å².